The van der Waals surface area contributed by atoms with Crippen molar-refractivity contribution in [1.82, 2.24) is 9.97 Å². The van der Waals surface area contributed by atoms with E-state index in [1.54, 1.807) is 17.7 Å². The first kappa shape index (κ1) is 16.4. The predicted molar refractivity (Wildman–Crippen MR) is 101 cm³/mol. The number of benzene rings is 1. The molecular weight excluding hydrogens is 334 g/mol. The molecule has 0 radical (unpaired) electrons. The molecule has 0 unspecified atom stereocenters. The molecule has 0 aliphatic carbocycles. The summed E-state index contributed by atoms with van der Waals surface area (Å²) in [5.41, 5.74) is 4.96. The van der Waals surface area contributed by atoms with Crippen LogP contribution in [0.2, 0.25) is 0 Å². The summed E-state index contributed by atoms with van der Waals surface area (Å²) in [6, 6.07) is 6.56. The summed E-state index contributed by atoms with van der Waals surface area (Å²) in [6.07, 6.45) is 1.67. The standard InChI is InChI=1S/C19H21N3O2S/c1-12-3-4-14(7-13(12)2)16-10-25-19-17(16)18(21-11-22-19)20-8-15-9-23-5-6-24-15/h3-4,7,10-11,15H,5-6,8-9H2,1-2H3,(H,20,21,22)/t15-/m1/s1. The van der Waals surface area contributed by atoms with Gasteiger partial charge in [-0.1, -0.05) is 18.2 Å². The molecule has 1 N–H and O–H groups in total. The maximum Gasteiger partial charge on any atom is 0.138 e. The van der Waals surface area contributed by atoms with Crippen LogP contribution in [0.1, 0.15) is 11.1 Å². The van der Waals surface area contributed by atoms with Crippen molar-refractivity contribution < 1.29 is 9.47 Å². The minimum absolute atomic E-state index is 0.0578. The Balaban J connectivity index is 1.67. The van der Waals surface area contributed by atoms with Gasteiger partial charge in [0.1, 0.15) is 17.0 Å². The second-order valence-corrected chi connectivity index (χ2v) is 7.16. The average molecular weight is 355 g/mol. The van der Waals surface area contributed by atoms with Crippen LogP contribution >= 0.6 is 11.3 Å². The van der Waals surface area contributed by atoms with Gasteiger partial charge in [0.15, 0.2) is 0 Å². The van der Waals surface area contributed by atoms with Crippen LogP contribution in [0.5, 0.6) is 0 Å². The molecule has 1 aliphatic rings. The monoisotopic (exact) mass is 355 g/mol. The minimum atomic E-state index is 0.0578. The number of hydrogen-bond donors (Lipinski definition) is 1. The van der Waals surface area contributed by atoms with Crippen LogP contribution in [0, 0.1) is 13.8 Å². The van der Waals surface area contributed by atoms with E-state index in [0.29, 0.717) is 26.4 Å². The molecule has 130 valence electrons. The third kappa shape index (κ3) is 3.38. The SMILES string of the molecule is Cc1ccc(-c2csc3ncnc(NC[C@@H]4COCCO4)c23)cc1C. The fraction of sp³-hybridized carbons (Fsp3) is 0.368. The Bertz CT molecular complexity index is 888. The molecule has 1 saturated heterocycles. The van der Waals surface area contributed by atoms with Gasteiger partial charge in [-0.15, -0.1) is 11.3 Å². The zero-order valence-corrected chi connectivity index (χ0v) is 15.2. The molecule has 1 atom stereocenters. The van der Waals surface area contributed by atoms with Crippen LogP contribution < -0.4 is 5.32 Å². The van der Waals surface area contributed by atoms with Crippen LogP contribution in [0.3, 0.4) is 0 Å². The van der Waals surface area contributed by atoms with Crippen molar-refractivity contribution in [1.29, 1.82) is 0 Å². The van der Waals surface area contributed by atoms with Gasteiger partial charge in [-0.25, -0.2) is 9.97 Å². The summed E-state index contributed by atoms with van der Waals surface area (Å²) in [5.74, 6) is 0.855. The molecule has 0 saturated carbocycles. The Labute approximate surface area is 151 Å². The number of anilines is 1. The fourth-order valence-corrected chi connectivity index (χ4v) is 3.91. The smallest absolute Gasteiger partial charge is 0.138 e. The number of hydrogen-bond acceptors (Lipinski definition) is 6. The first-order chi connectivity index (χ1) is 12.2. The summed E-state index contributed by atoms with van der Waals surface area (Å²) in [6.45, 7) is 6.90. The second kappa shape index (κ2) is 7.07. The van der Waals surface area contributed by atoms with Gasteiger partial charge >= 0.3 is 0 Å². The highest BCUT2D eigenvalue weighted by atomic mass is 32.1. The molecule has 3 heterocycles. The van der Waals surface area contributed by atoms with E-state index in [4.69, 9.17) is 9.47 Å². The third-order valence-corrected chi connectivity index (χ3v) is 5.46. The van der Waals surface area contributed by atoms with Gasteiger partial charge in [0.2, 0.25) is 0 Å². The number of aromatic nitrogens is 2. The van der Waals surface area contributed by atoms with E-state index in [1.807, 2.05) is 0 Å². The van der Waals surface area contributed by atoms with Crippen molar-refractivity contribution in [2.45, 2.75) is 20.0 Å². The van der Waals surface area contributed by atoms with Crippen LogP contribution in [0.15, 0.2) is 29.9 Å². The highest BCUT2D eigenvalue weighted by molar-refractivity contribution is 7.17. The molecular formula is C19H21N3O2S. The number of fused-ring (bicyclic) bond motifs is 1. The van der Waals surface area contributed by atoms with E-state index in [0.717, 1.165) is 16.0 Å². The number of aryl methyl sites for hydroxylation is 2. The van der Waals surface area contributed by atoms with Crippen molar-refractivity contribution in [3.05, 3.63) is 41.0 Å². The summed E-state index contributed by atoms with van der Waals surface area (Å²) < 4.78 is 11.2. The van der Waals surface area contributed by atoms with E-state index in [1.165, 1.54) is 22.3 Å². The molecule has 1 aliphatic heterocycles. The fourth-order valence-electron chi connectivity index (χ4n) is 3.00. The Hall–Kier alpha value is -2.02. The van der Waals surface area contributed by atoms with Crippen LogP contribution in [0.25, 0.3) is 21.3 Å². The number of nitrogens with zero attached hydrogens (tertiary/aromatic N) is 2. The van der Waals surface area contributed by atoms with Crippen molar-refractivity contribution in [2.75, 3.05) is 31.7 Å². The maximum absolute atomic E-state index is 5.71. The number of thiophene rings is 1. The molecule has 3 aromatic rings. The minimum Gasteiger partial charge on any atom is -0.376 e. The van der Waals surface area contributed by atoms with Gasteiger partial charge in [0.25, 0.3) is 0 Å². The Kier molecular flexibility index (Phi) is 4.65. The zero-order chi connectivity index (χ0) is 17.2. The van der Waals surface area contributed by atoms with E-state index < -0.39 is 0 Å². The number of rotatable bonds is 4. The molecule has 1 fully saturated rings. The normalized spacial score (nSPS) is 17.8. The quantitative estimate of drug-likeness (QED) is 0.771. The highest BCUT2D eigenvalue weighted by Crippen LogP contribution is 2.37. The maximum atomic E-state index is 5.71. The van der Waals surface area contributed by atoms with Crippen molar-refractivity contribution in [3.8, 4) is 11.1 Å². The lowest BCUT2D eigenvalue weighted by Crippen LogP contribution is -2.34. The zero-order valence-electron chi connectivity index (χ0n) is 14.4. The van der Waals surface area contributed by atoms with Crippen molar-refractivity contribution in [3.63, 3.8) is 0 Å². The molecule has 6 heteroatoms. The van der Waals surface area contributed by atoms with Gasteiger partial charge < -0.3 is 14.8 Å². The van der Waals surface area contributed by atoms with Crippen LogP contribution in [-0.4, -0.2) is 42.4 Å². The third-order valence-electron chi connectivity index (χ3n) is 4.57. The Morgan fingerprint density at radius 1 is 1.20 bits per heavy atom. The molecule has 1 aromatic carbocycles. The van der Waals surface area contributed by atoms with E-state index >= 15 is 0 Å². The number of ether oxygens (including phenoxy) is 2. The summed E-state index contributed by atoms with van der Waals surface area (Å²) in [5, 5.41) is 6.67. The molecule has 4 rings (SSSR count). The Morgan fingerprint density at radius 3 is 2.92 bits per heavy atom. The van der Waals surface area contributed by atoms with Gasteiger partial charge in [0.05, 0.1) is 31.3 Å². The van der Waals surface area contributed by atoms with Gasteiger partial charge in [0, 0.05) is 17.5 Å². The average Bonchev–Trinajstić information content (AvgIpc) is 3.08. The molecule has 25 heavy (non-hydrogen) atoms. The topological polar surface area (TPSA) is 56.3 Å². The molecule has 0 amide bonds. The predicted octanol–water partition coefficient (Wildman–Crippen LogP) is 3.80. The summed E-state index contributed by atoms with van der Waals surface area (Å²) in [4.78, 5) is 9.90. The first-order valence-electron chi connectivity index (χ1n) is 8.45. The van der Waals surface area contributed by atoms with E-state index in [-0.39, 0.29) is 6.10 Å². The highest BCUT2D eigenvalue weighted by Gasteiger charge is 2.17. The van der Waals surface area contributed by atoms with E-state index in [9.17, 15) is 0 Å². The molecule has 5 nitrogen and oxygen atoms in total. The van der Waals surface area contributed by atoms with Crippen LogP contribution in [0.4, 0.5) is 5.82 Å². The molecule has 0 spiro atoms. The second-order valence-electron chi connectivity index (χ2n) is 6.30. The summed E-state index contributed by atoms with van der Waals surface area (Å²) in [7, 11) is 0. The molecule has 0 bridgehead atoms. The largest absolute Gasteiger partial charge is 0.376 e. The Morgan fingerprint density at radius 2 is 2.12 bits per heavy atom. The first-order valence-corrected chi connectivity index (χ1v) is 9.33. The molecule has 2 aromatic heterocycles. The summed E-state index contributed by atoms with van der Waals surface area (Å²) >= 11 is 1.65. The van der Waals surface area contributed by atoms with Gasteiger partial charge in [-0.3, -0.25) is 0 Å². The van der Waals surface area contributed by atoms with Gasteiger partial charge in [-0.05, 0) is 30.5 Å². The lowest BCUT2D eigenvalue weighted by Gasteiger charge is -2.23. The van der Waals surface area contributed by atoms with Crippen molar-refractivity contribution in [2.24, 2.45) is 0 Å². The lowest BCUT2D eigenvalue weighted by molar-refractivity contribution is -0.0819. The van der Waals surface area contributed by atoms with Crippen molar-refractivity contribution >= 4 is 27.4 Å². The van der Waals surface area contributed by atoms with Crippen LogP contribution in [-0.2, 0) is 9.47 Å². The lowest BCUT2D eigenvalue weighted by atomic mass is 10.0. The van der Waals surface area contributed by atoms with Gasteiger partial charge in [-0.2, -0.15) is 0 Å². The number of nitrogens with one attached hydrogen (secondary N) is 1. The van der Waals surface area contributed by atoms with E-state index in [2.05, 4.69) is 52.7 Å².